The van der Waals surface area contributed by atoms with Gasteiger partial charge in [0.05, 0.1) is 12.7 Å². The monoisotopic (exact) mass is 189 g/mol. The molecule has 0 aliphatic heterocycles. The van der Waals surface area contributed by atoms with Crippen LogP contribution in [0.5, 0.6) is 0 Å². The summed E-state index contributed by atoms with van der Waals surface area (Å²) in [6, 6.07) is -0.372. The quantitative estimate of drug-likeness (QED) is 0.611. The minimum Gasteiger partial charge on any atom is -0.468 e. The summed E-state index contributed by atoms with van der Waals surface area (Å²) in [6.07, 6.45) is 0.647. The lowest BCUT2D eigenvalue weighted by molar-refractivity contribution is -0.142. The van der Waals surface area contributed by atoms with Crippen LogP contribution in [0.25, 0.3) is 0 Å². The van der Waals surface area contributed by atoms with E-state index in [0.717, 1.165) is 0 Å². The first-order valence-electron chi connectivity index (χ1n) is 4.46. The Hall–Kier alpha value is -0.610. The summed E-state index contributed by atoms with van der Waals surface area (Å²) in [6.45, 7) is 5.71. The number of carbonyl (C=O) groups is 1. The molecule has 2 atom stereocenters. The minimum atomic E-state index is -0.762. The van der Waals surface area contributed by atoms with Gasteiger partial charge in [-0.05, 0) is 20.3 Å². The molecular weight excluding hydrogens is 170 g/mol. The van der Waals surface area contributed by atoms with Crippen molar-refractivity contribution in [3.8, 4) is 0 Å². The smallest absolute Gasteiger partial charge is 0.322 e. The maximum Gasteiger partial charge on any atom is 0.322 e. The van der Waals surface area contributed by atoms with Gasteiger partial charge < -0.3 is 15.2 Å². The Balaban J connectivity index is 3.82. The third-order valence-electron chi connectivity index (χ3n) is 2.11. The van der Waals surface area contributed by atoms with E-state index in [4.69, 9.17) is 0 Å². The van der Waals surface area contributed by atoms with Crippen molar-refractivity contribution in [2.45, 2.75) is 38.8 Å². The van der Waals surface area contributed by atoms with E-state index in [1.54, 1.807) is 13.8 Å². The number of ether oxygens (including phenoxy) is 1. The van der Waals surface area contributed by atoms with Gasteiger partial charge in [-0.15, -0.1) is 0 Å². The predicted molar refractivity (Wildman–Crippen MR) is 50.4 cm³/mol. The highest BCUT2D eigenvalue weighted by Gasteiger charge is 2.20. The lowest BCUT2D eigenvalue weighted by Gasteiger charge is -2.23. The van der Waals surface area contributed by atoms with Crippen LogP contribution in [-0.4, -0.2) is 36.4 Å². The van der Waals surface area contributed by atoms with E-state index in [9.17, 15) is 9.90 Å². The molecule has 2 unspecified atom stereocenters. The van der Waals surface area contributed by atoms with Gasteiger partial charge in [-0.2, -0.15) is 0 Å². The number of aliphatic hydroxyl groups is 1. The van der Waals surface area contributed by atoms with Crippen LogP contribution < -0.4 is 5.32 Å². The zero-order valence-corrected chi connectivity index (χ0v) is 8.76. The van der Waals surface area contributed by atoms with Crippen LogP contribution in [0.15, 0.2) is 0 Å². The van der Waals surface area contributed by atoms with Crippen molar-refractivity contribution in [3.05, 3.63) is 0 Å². The molecule has 0 aliphatic carbocycles. The lowest BCUT2D eigenvalue weighted by Crippen LogP contribution is -2.44. The highest BCUT2D eigenvalue weighted by Crippen LogP contribution is 2.06. The second-order valence-electron chi connectivity index (χ2n) is 3.48. The molecule has 0 fully saturated rings. The molecule has 0 aliphatic rings. The number of hydrogen-bond acceptors (Lipinski definition) is 4. The fraction of sp³-hybridized carbons (Fsp3) is 0.889. The molecule has 0 heterocycles. The van der Waals surface area contributed by atoms with Crippen molar-refractivity contribution in [1.29, 1.82) is 0 Å². The number of carbonyl (C=O) groups excluding carboxylic acids is 1. The summed E-state index contributed by atoms with van der Waals surface area (Å²) < 4.78 is 4.53. The Kier molecular flexibility index (Phi) is 4.95. The van der Waals surface area contributed by atoms with E-state index < -0.39 is 5.60 Å². The normalized spacial score (nSPS) is 17.6. The summed E-state index contributed by atoms with van der Waals surface area (Å²) in [5.41, 5.74) is -0.762. The van der Waals surface area contributed by atoms with Crippen LogP contribution in [0.2, 0.25) is 0 Å². The third-order valence-corrected chi connectivity index (χ3v) is 2.11. The van der Waals surface area contributed by atoms with Crippen LogP contribution in [0.1, 0.15) is 27.2 Å². The Morgan fingerprint density at radius 2 is 2.23 bits per heavy atom. The number of methoxy groups -OCH3 is 1. The number of hydrogen-bond donors (Lipinski definition) is 2. The second kappa shape index (κ2) is 5.19. The van der Waals surface area contributed by atoms with Gasteiger partial charge in [0.1, 0.15) is 6.04 Å². The molecule has 0 saturated carbocycles. The van der Waals surface area contributed by atoms with Crippen molar-refractivity contribution in [3.63, 3.8) is 0 Å². The molecule has 0 bridgehead atoms. The fourth-order valence-electron chi connectivity index (χ4n) is 0.758. The van der Waals surface area contributed by atoms with Crippen LogP contribution in [0.4, 0.5) is 0 Å². The van der Waals surface area contributed by atoms with E-state index in [0.29, 0.717) is 13.0 Å². The summed E-state index contributed by atoms with van der Waals surface area (Å²) in [5, 5.41) is 12.5. The summed E-state index contributed by atoms with van der Waals surface area (Å²) in [5.74, 6) is -0.313. The highest BCUT2D eigenvalue weighted by atomic mass is 16.5. The van der Waals surface area contributed by atoms with Crippen molar-refractivity contribution in [2.24, 2.45) is 0 Å². The Bertz CT molecular complexity index is 168. The molecule has 0 aromatic heterocycles. The zero-order chi connectivity index (χ0) is 10.5. The molecule has 4 nitrogen and oxygen atoms in total. The minimum absolute atomic E-state index is 0.313. The first-order chi connectivity index (χ1) is 5.93. The Labute approximate surface area is 79.3 Å². The van der Waals surface area contributed by atoms with Crippen LogP contribution in [0, 0.1) is 0 Å². The van der Waals surface area contributed by atoms with Gasteiger partial charge in [-0.3, -0.25) is 4.79 Å². The summed E-state index contributed by atoms with van der Waals surface area (Å²) >= 11 is 0. The van der Waals surface area contributed by atoms with Gasteiger partial charge in [0.15, 0.2) is 0 Å². The van der Waals surface area contributed by atoms with Crippen LogP contribution in [0.3, 0.4) is 0 Å². The van der Waals surface area contributed by atoms with E-state index in [2.05, 4.69) is 10.1 Å². The molecular formula is C9H19NO3. The first kappa shape index (κ1) is 12.4. The van der Waals surface area contributed by atoms with Gasteiger partial charge in [0.25, 0.3) is 0 Å². The maximum absolute atomic E-state index is 11.0. The van der Waals surface area contributed by atoms with Gasteiger partial charge in [0, 0.05) is 6.54 Å². The maximum atomic E-state index is 11.0. The average molecular weight is 189 g/mol. The zero-order valence-electron chi connectivity index (χ0n) is 8.76. The number of rotatable bonds is 5. The molecule has 0 aromatic carbocycles. The van der Waals surface area contributed by atoms with Crippen molar-refractivity contribution < 1.29 is 14.6 Å². The Morgan fingerprint density at radius 3 is 2.62 bits per heavy atom. The van der Waals surface area contributed by atoms with Crippen LogP contribution >= 0.6 is 0 Å². The third kappa shape index (κ3) is 4.85. The molecule has 13 heavy (non-hydrogen) atoms. The molecule has 4 heteroatoms. The first-order valence-corrected chi connectivity index (χ1v) is 4.46. The SMILES string of the molecule is CCC(C)(O)CNC(C)C(=O)OC. The second-order valence-corrected chi connectivity index (χ2v) is 3.48. The van der Waals surface area contributed by atoms with E-state index >= 15 is 0 Å². The van der Waals surface area contributed by atoms with Gasteiger partial charge >= 0.3 is 5.97 Å². The van der Waals surface area contributed by atoms with Crippen molar-refractivity contribution >= 4 is 5.97 Å². The number of esters is 1. The summed E-state index contributed by atoms with van der Waals surface area (Å²) in [7, 11) is 1.35. The molecule has 0 spiro atoms. The molecule has 2 N–H and O–H groups in total. The molecule has 0 radical (unpaired) electrons. The van der Waals surface area contributed by atoms with Crippen molar-refractivity contribution in [2.75, 3.05) is 13.7 Å². The van der Waals surface area contributed by atoms with Gasteiger partial charge in [-0.25, -0.2) is 0 Å². The van der Waals surface area contributed by atoms with E-state index in [-0.39, 0.29) is 12.0 Å². The van der Waals surface area contributed by atoms with Gasteiger partial charge in [-0.1, -0.05) is 6.92 Å². The predicted octanol–water partition coefficient (Wildman–Crippen LogP) is 0.298. The Morgan fingerprint density at radius 1 is 1.69 bits per heavy atom. The largest absolute Gasteiger partial charge is 0.468 e. The van der Waals surface area contributed by atoms with Crippen molar-refractivity contribution in [1.82, 2.24) is 5.32 Å². The number of nitrogens with one attached hydrogen (secondary N) is 1. The average Bonchev–Trinajstić information content (AvgIpc) is 2.13. The van der Waals surface area contributed by atoms with Gasteiger partial charge in [0.2, 0.25) is 0 Å². The highest BCUT2D eigenvalue weighted by molar-refractivity contribution is 5.75. The molecule has 78 valence electrons. The topological polar surface area (TPSA) is 58.6 Å². The van der Waals surface area contributed by atoms with Crippen LogP contribution in [-0.2, 0) is 9.53 Å². The summed E-state index contributed by atoms with van der Waals surface area (Å²) in [4.78, 5) is 11.0. The van der Waals surface area contributed by atoms with E-state index in [1.807, 2.05) is 6.92 Å². The molecule has 0 amide bonds. The standard InChI is InChI=1S/C9H19NO3/c1-5-9(3,12)6-10-7(2)8(11)13-4/h7,10,12H,5-6H2,1-4H3. The molecule has 0 saturated heterocycles. The lowest BCUT2D eigenvalue weighted by atomic mass is 10.0. The molecule has 0 aromatic rings. The molecule has 0 rings (SSSR count). The van der Waals surface area contributed by atoms with E-state index in [1.165, 1.54) is 7.11 Å². The fourth-order valence-corrected chi connectivity index (χ4v) is 0.758.